The molecule has 112 valence electrons. The number of hydrogen-bond acceptors (Lipinski definition) is 4. The van der Waals surface area contributed by atoms with Gasteiger partial charge in [0.15, 0.2) is 5.69 Å². The van der Waals surface area contributed by atoms with E-state index in [0.717, 1.165) is 19.2 Å². The minimum Gasteiger partial charge on any atom is -0.367 e. The van der Waals surface area contributed by atoms with Crippen LogP contribution in [0.3, 0.4) is 0 Å². The van der Waals surface area contributed by atoms with E-state index in [1.54, 1.807) is 0 Å². The number of piperidine rings is 1. The van der Waals surface area contributed by atoms with Gasteiger partial charge in [-0.1, -0.05) is 6.42 Å². The molecule has 1 aliphatic heterocycles. The molecule has 1 aromatic heterocycles. The summed E-state index contributed by atoms with van der Waals surface area (Å²) >= 11 is 0. The van der Waals surface area contributed by atoms with Crippen molar-refractivity contribution in [2.75, 3.05) is 25.0 Å². The topological polar surface area (TPSA) is 41.1 Å². The highest BCUT2D eigenvalue weighted by Crippen LogP contribution is 2.27. The van der Waals surface area contributed by atoms with Gasteiger partial charge in [0.25, 0.3) is 0 Å². The molecule has 0 aromatic carbocycles. The number of rotatable bonds is 4. The van der Waals surface area contributed by atoms with Gasteiger partial charge in [-0.3, -0.25) is 4.90 Å². The van der Waals surface area contributed by atoms with Crippen LogP contribution < -0.4 is 5.32 Å². The molecule has 4 nitrogen and oxygen atoms in total. The van der Waals surface area contributed by atoms with Crippen molar-refractivity contribution in [1.82, 2.24) is 15.1 Å². The van der Waals surface area contributed by atoms with Gasteiger partial charge in [-0.15, -0.1) is 10.2 Å². The Bertz CT molecular complexity index is 413. The average molecular weight is 288 g/mol. The third-order valence-corrected chi connectivity index (χ3v) is 3.55. The van der Waals surface area contributed by atoms with E-state index < -0.39 is 11.9 Å². The van der Waals surface area contributed by atoms with Crippen LogP contribution in [0.25, 0.3) is 0 Å². The average Bonchev–Trinajstić information content (AvgIpc) is 2.45. The molecule has 20 heavy (non-hydrogen) atoms. The molecule has 1 unspecified atom stereocenters. The molecule has 0 saturated carbocycles. The number of alkyl halides is 3. The number of halogens is 3. The van der Waals surface area contributed by atoms with Crippen molar-refractivity contribution in [3.05, 3.63) is 17.8 Å². The molecule has 1 aromatic rings. The van der Waals surface area contributed by atoms with E-state index in [1.807, 2.05) is 0 Å². The fourth-order valence-corrected chi connectivity index (χ4v) is 2.32. The maximum absolute atomic E-state index is 12.3. The number of anilines is 1. The van der Waals surface area contributed by atoms with Gasteiger partial charge < -0.3 is 5.32 Å². The summed E-state index contributed by atoms with van der Waals surface area (Å²) in [4.78, 5) is 2.38. The van der Waals surface area contributed by atoms with Crippen molar-refractivity contribution >= 4 is 5.82 Å². The van der Waals surface area contributed by atoms with Crippen LogP contribution in [0.2, 0.25) is 0 Å². The second-order valence-corrected chi connectivity index (χ2v) is 5.13. The summed E-state index contributed by atoms with van der Waals surface area (Å²) in [7, 11) is 0. The minimum absolute atomic E-state index is 0.333. The molecule has 2 rings (SSSR count). The number of nitrogens with one attached hydrogen (secondary N) is 1. The molecule has 2 heterocycles. The summed E-state index contributed by atoms with van der Waals surface area (Å²) in [6, 6.07) is 2.60. The smallest absolute Gasteiger partial charge is 0.367 e. The lowest BCUT2D eigenvalue weighted by Crippen LogP contribution is -2.41. The summed E-state index contributed by atoms with van der Waals surface area (Å²) in [6.07, 6.45) is -0.734. The highest BCUT2D eigenvalue weighted by Gasteiger charge is 2.32. The lowest BCUT2D eigenvalue weighted by Gasteiger charge is -2.32. The van der Waals surface area contributed by atoms with E-state index in [9.17, 15) is 13.2 Å². The molecule has 1 aliphatic rings. The van der Waals surface area contributed by atoms with Gasteiger partial charge in [0.1, 0.15) is 5.82 Å². The van der Waals surface area contributed by atoms with E-state index in [0.29, 0.717) is 18.4 Å². The number of hydrogen-bond donors (Lipinski definition) is 1. The Kier molecular flexibility index (Phi) is 4.80. The number of nitrogens with zero attached hydrogens (tertiary/aromatic N) is 3. The molecule has 0 aliphatic carbocycles. The minimum atomic E-state index is -4.44. The fraction of sp³-hybridized carbons (Fsp3) is 0.692. The van der Waals surface area contributed by atoms with Gasteiger partial charge in [0.05, 0.1) is 0 Å². The molecule has 0 spiro atoms. The first-order valence-electron chi connectivity index (χ1n) is 6.85. The van der Waals surface area contributed by atoms with Crippen molar-refractivity contribution in [2.45, 2.75) is 38.4 Å². The summed E-state index contributed by atoms with van der Waals surface area (Å²) in [5.41, 5.74) is -0.966. The van der Waals surface area contributed by atoms with E-state index in [1.165, 1.54) is 25.3 Å². The van der Waals surface area contributed by atoms with Crippen LogP contribution in [0.5, 0.6) is 0 Å². The highest BCUT2D eigenvalue weighted by molar-refractivity contribution is 5.33. The zero-order valence-corrected chi connectivity index (χ0v) is 11.5. The summed E-state index contributed by atoms with van der Waals surface area (Å²) in [5.74, 6) is 0.377. The van der Waals surface area contributed by atoms with Crippen LogP contribution in [-0.4, -0.2) is 40.8 Å². The molecule has 0 bridgehead atoms. The maximum Gasteiger partial charge on any atom is 0.435 e. The molecule has 1 N–H and O–H groups in total. The van der Waals surface area contributed by atoms with Crippen molar-refractivity contribution in [2.24, 2.45) is 0 Å². The van der Waals surface area contributed by atoms with Gasteiger partial charge in [-0.25, -0.2) is 0 Å². The Morgan fingerprint density at radius 1 is 1.20 bits per heavy atom. The molecule has 0 radical (unpaired) electrons. The van der Waals surface area contributed by atoms with Gasteiger partial charge in [0, 0.05) is 12.6 Å². The molecule has 1 saturated heterocycles. The van der Waals surface area contributed by atoms with Crippen LogP contribution in [0.1, 0.15) is 31.9 Å². The molecular weight excluding hydrogens is 269 g/mol. The van der Waals surface area contributed by atoms with Gasteiger partial charge in [-0.05, 0) is 45.0 Å². The van der Waals surface area contributed by atoms with Gasteiger partial charge >= 0.3 is 6.18 Å². The van der Waals surface area contributed by atoms with E-state index >= 15 is 0 Å². The van der Waals surface area contributed by atoms with Crippen LogP contribution in [0.15, 0.2) is 12.1 Å². The summed E-state index contributed by atoms with van der Waals surface area (Å²) in [5, 5.41) is 9.79. The Hall–Kier alpha value is -1.37. The first-order chi connectivity index (χ1) is 9.47. The Balaban J connectivity index is 1.84. The molecule has 1 atom stereocenters. The standard InChI is InChI=1S/C13H19F3N4/c1-10(20-7-3-2-4-8-20)9-17-12-6-5-11(18-19-12)13(14,15)16/h5-6,10H,2-4,7-9H2,1H3,(H,17,19). The Labute approximate surface area is 116 Å². The molecule has 7 heteroatoms. The van der Waals surface area contributed by atoms with Crippen molar-refractivity contribution < 1.29 is 13.2 Å². The number of aromatic nitrogens is 2. The monoisotopic (exact) mass is 288 g/mol. The molecule has 0 amide bonds. The lowest BCUT2D eigenvalue weighted by atomic mass is 10.1. The first-order valence-corrected chi connectivity index (χ1v) is 6.85. The zero-order chi connectivity index (χ0) is 14.6. The predicted octanol–water partition coefficient (Wildman–Crippen LogP) is 2.78. The molecular formula is C13H19F3N4. The maximum atomic E-state index is 12.3. The lowest BCUT2D eigenvalue weighted by molar-refractivity contribution is -0.141. The number of likely N-dealkylation sites (tertiary alicyclic amines) is 1. The van der Waals surface area contributed by atoms with Crippen molar-refractivity contribution in [3.8, 4) is 0 Å². The Morgan fingerprint density at radius 3 is 2.45 bits per heavy atom. The fourth-order valence-electron chi connectivity index (χ4n) is 2.32. The van der Waals surface area contributed by atoms with Crippen LogP contribution >= 0.6 is 0 Å². The van der Waals surface area contributed by atoms with Crippen LogP contribution in [0.4, 0.5) is 19.0 Å². The normalized spacial score (nSPS) is 18.8. The van der Waals surface area contributed by atoms with E-state index in [-0.39, 0.29) is 0 Å². The van der Waals surface area contributed by atoms with Gasteiger partial charge in [0.2, 0.25) is 0 Å². The zero-order valence-electron chi connectivity index (χ0n) is 11.5. The van der Waals surface area contributed by atoms with E-state index in [4.69, 9.17) is 0 Å². The summed E-state index contributed by atoms with van der Waals surface area (Å²) < 4.78 is 37.0. The third kappa shape index (κ3) is 4.06. The highest BCUT2D eigenvalue weighted by atomic mass is 19.4. The molecule has 1 fully saturated rings. The third-order valence-electron chi connectivity index (χ3n) is 3.55. The van der Waals surface area contributed by atoms with Crippen LogP contribution in [0, 0.1) is 0 Å². The van der Waals surface area contributed by atoms with Gasteiger partial charge in [-0.2, -0.15) is 13.2 Å². The first kappa shape index (κ1) is 15.0. The largest absolute Gasteiger partial charge is 0.435 e. The predicted molar refractivity (Wildman–Crippen MR) is 70.4 cm³/mol. The second-order valence-electron chi connectivity index (χ2n) is 5.13. The quantitative estimate of drug-likeness (QED) is 0.925. The summed E-state index contributed by atoms with van der Waals surface area (Å²) in [6.45, 7) is 4.93. The Morgan fingerprint density at radius 2 is 1.90 bits per heavy atom. The van der Waals surface area contributed by atoms with Crippen LogP contribution in [-0.2, 0) is 6.18 Å². The van der Waals surface area contributed by atoms with Crippen molar-refractivity contribution in [1.29, 1.82) is 0 Å². The second kappa shape index (κ2) is 6.39. The SMILES string of the molecule is CC(CNc1ccc(C(F)(F)F)nn1)N1CCCCC1. The van der Waals surface area contributed by atoms with Crippen molar-refractivity contribution in [3.63, 3.8) is 0 Å². The van der Waals surface area contributed by atoms with E-state index in [2.05, 4.69) is 27.3 Å².